The Balaban J connectivity index is 2.31. The van der Waals surface area contributed by atoms with E-state index in [0.29, 0.717) is 23.4 Å². The Kier molecular flexibility index (Phi) is 5.47. The van der Waals surface area contributed by atoms with Gasteiger partial charge in [0.2, 0.25) is 0 Å². The normalized spacial score (nSPS) is 21.5. The Bertz CT molecular complexity index is 625. The Morgan fingerprint density at radius 2 is 2.05 bits per heavy atom. The molecule has 122 valence electrons. The molecule has 1 aliphatic rings. The molecule has 2 unspecified atom stereocenters. The Labute approximate surface area is 135 Å². The van der Waals surface area contributed by atoms with Crippen LogP contribution in [0.2, 0.25) is 5.02 Å². The second kappa shape index (κ2) is 6.98. The summed E-state index contributed by atoms with van der Waals surface area (Å²) in [6.45, 7) is 1.68. The van der Waals surface area contributed by atoms with Crippen molar-refractivity contribution in [2.24, 2.45) is 0 Å². The number of hydrogen-bond acceptors (Lipinski definition) is 4. The summed E-state index contributed by atoms with van der Waals surface area (Å²) >= 11 is 5.83. The SMILES string of the molecule is CCC(CO)N(C(=O)c1ccc(Cl)cc1)C1CCS(=O)(=O)C1. The summed E-state index contributed by atoms with van der Waals surface area (Å²) in [6.07, 6.45) is 0.977. The average Bonchev–Trinajstić information content (AvgIpc) is 2.84. The molecule has 7 heteroatoms. The second-order valence-electron chi connectivity index (χ2n) is 5.52. The Hall–Kier alpha value is -1.11. The number of aliphatic hydroxyl groups is 1. The molecule has 5 nitrogen and oxygen atoms in total. The molecule has 2 atom stereocenters. The third kappa shape index (κ3) is 3.80. The lowest BCUT2D eigenvalue weighted by molar-refractivity contribution is 0.0485. The molecule has 1 aromatic carbocycles. The first-order valence-corrected chi connectivity index (χ1v) is 9.47. The first kappa shape index (κ1) is 17.2. The second-order valence-corrected chi connectivity index (χ2v) is 8.19. The fraction of sp³-hybridized carbons (Fsp3) is 0.533. The topological polar surface area (TPSA) is 74.7 Å². The standard InChI is InChI=1S/C15H20ClNO4S/c1-2-13(9-18)17(14-7-8-22(20,21)10-14)15(19)11-3-5-12(16)6-4-11/h3-6,13-14,18H,2,7-10H2,1H3. The lowest BCUT2D eigenvalue weighted by Crippen LogP contribution is -2.49. The zero-order valence-corrected chi connectivity index (χ0v) is 14.0. The van der Waals surface area contributed by atoms with E-state index in [-0.39, 0.29) is 36.1 Å². The quantitative estimate of drug-likeness (QED) is 0.882. The third-order valence-corrected chi connectivity index (χ3v) is 6.01. The highest BCUT2D eigenvalue weighted by molar-refractivity contribution is 7.91. The van der Waals surface area contributed by atoms with Crippen LogP contribution in [0.25, 0.3) is 0 Å². The van der Waals surface area contributed by atoms with Crippen molar-refractivity contribution in [1.29, 1.82) is 0 Å². The van der Waals surface area contributed by atoms with Crippen LogP contribution < -0.4 is 0 Å². The maximum absolute atomic E-state index is 12.8. The molecule has 0 aliphatic carbocycles. The number of aliphatic hydroxyl groups excluding tert-OH is 1. The van der Waals surface area contributed by atoms with E-state index in [1.807, 2.05) is 6.92 Å². The summed E-state index contributed by atoms with van der Waals surface area (Å²) in [7, 11) is -3.11. The maximum Gasteiger partial charge on any atom is 0.254 e. The molecule has 1 heterocycles. The van der Waals surface area contributed by atoms with Crippen molar-refractivity contribution in [1.82, 2.24) is 4.90 Å². The van der Waals surface area contributed by atoms with Crippen LogP contribution in [0.5, 0.6) is 0 Å². The number of rotatable bonds is 5. The van der Waals surface area contributed by atoms with E-state index < -0.39 is 9.84 Å². The highest BCUT2D eigenvalue weighted by Gasteiger charge is 2.37. The Morgan fingerprint density at radius 3 is 2.50 bits per heavy atom. The minimum atomic E-state index is -3.11. The lowest BCUT2D eigenvalue weighted by Gasteiger charge is -2.34. The van der Waals surface area contributed by atoms with Gasteiger partial charge in [0.05, 0.1) is 24.2 Å². The van der Waals surface area contributed by atoms with Gasteiger partial charge in [-0.15, -0.1) is 0 Å². The van der Waals surface area contributed by atoms with E-state index >= 15 is 0 Å². The van der Waals surface area contributed by atoms with Crippen LogP contribution in [0.1, 0.15) is 30.1 Å². The summed E-state index contributed by atoms with van der Waals surface area (Å²) in [5, 5.41) is 10.1. The molecular formula is C15H20ClNO4S. The van der Waals surface area contributed by atoms with Crippen molar-refractivity contribution < 1.29 is 18.3 Å². The molecule has 1 saturated heterocycles. The largest absolute Gasteiger partial charge is 0.394 e. The predicted octanol–water partition coefficient (Wildman–Crippen LogP) is 1.74. The lowest BCUT2D eigenvalue weighted by atomic mass is 10.1. The molecule has 1 aromatic rings. The molecule has 0 bridgehead atoms. The predicted molar refractivity (Wildman–Crippen MR) is 85.8 cm³/mol. The monoisotopic (exact) mass is 345 g/mol. The molecule has 1 fully saturated rings. The van der Waals surface area contributed by atoms with Gasteiger partial charge in [-0.2, -0.15) is 0 Å². The van der Waals surface area contributed by atoms with Crippen molar-refractivity contribution in [3.63, 3.8) is 0 Å². The van der Waals surface area contributed by atoms with Gasteiger partial charge in [-0.05, 0) is 37.1 Å². The van der Waals surface area contributed by atoms with Gasteiger partial charge in [-0.1, -0.05) is 18.5 Å². The van der Waals surface area contributed by atoms with Crippen LogP contribution in [0.4, 0.5) is 0 Å². The van der Waals surface area contributed by atoms with Crippen molar-refractivity contribution >= 4 is 27.3 Å². The highest BCUT2D eigenvalue weighted by Crippen LogP contribution is 2.24. The first-order valence-electron chi connectivity index (χ1n) is 7.27. The number of carbonyl (C=O) groups excluding carboxylic acids is 1. The van der Waals surface area contributed by atoms with Gasteiger partial charge in [-0.3, -0.25) is 4.79 Å². The number of hydrogen-bond donors (Lipinski definition) is 1. The van der Waals surface area contributed by atoms with Crippen molar-refractivity contribution in [2.45, 2.75) is 31.8 Å². The molecule has 0 radical (unpaired) electrons. The first-order chi connectivity index (χ1) is 10.4. The minimum Gasteiger partial charge on any atom is -0.394 e. The van der Waals surface area contributed by atoms with E-state index in [9.17, 15) is 18.3 Å². The summed E-state index contributed by atoms with van der Waals surface area (Å²) in [5.74, 6) is -0.216. The van der Waals surface area contributed by atoms with Gasteiger partial charge >= 0.3 is 0 Å². The van der Waals surface area contributed by atoms with Crippen molar-refractivity contribution in [2.75, 3.05) is 18.1 Å². The summed E-state index contributed by atoms with van der Waals surface area (Å²) < 4.78 is 23.5. The number of benzene rings is 1. The molecule has 1 amide bonds. The highest BCUT2D eigenvalue weighted by atomic mass is 35.5. The molecule has 0 saturated carbocycles. The molecule has 22 heavy (non-hydrogen) atoms. The van der Waals surface area contributed by atoms with Gasteiger partial charge in [0.25, 0.3) is 5.91 Å². The fourth-order valence-electron chi connectivity index (χ4n) is 2.78. The molecule has 0 spiro atoms. The van der Waals surface area contributed by atoms with E-state index in [0.717, 1.165) is 0 Å². The van der Waals surface area contributed by atoms with E-state index in [4.69, 9.17) is 11.6 Å². The number of halogens is 1. The maximum atomic E-state index is 12.8. The number of sulfone groups is 1. The number of carbonyl (C=O) groups is 1. The van der Waals surface area contributed by atoms with Gasteiger partial charge < -0.3 is 10.0 Å². The minimum absolute atomic E-state index is 0.0389. The van der Waals surface area contributed by atoms with Gasteiger partial charge in [0.15, 0.2) is 9.84 Å². The fourth-order valence-corrected chi connectivity index (χ4v) is 4.62. The average molecular weight is 346 g/mol. The van der Waals surface area contributed by atoms with Crippen LogP contribution in [-0.4, -0.2) is 54.5 Å². The van der Waals surface area contributed by atoms with Crippen molar-refractivity contribution in [3.8, 4) is 0 Å². The van der Waals surface area contributed by atoms with Gasteiger partial charge in [0.1, 0.15) is 0 Å². The Morgan fingerprint density at radius 1 is 1.41 bits per heavy atom. The number of amides is 1. The van der Waals surface area contributed by atoms with Crippen LogP contribution in [0, 0.1) is 0 Å². The number of nitrogens with zero attached hydrogens (tertiary/aromatic N) is 1. The summed E-state index contributed by atoms with van der Waals surface area (Å²) in [6, 6.07) is 5.71. The van der Waals surface area contributed by atoms with Gasteiger partial charge in [0, 0.05) is 16.6 Å². The molecule has 1 aliphatic heterocycles. The van der Waals surface area contributed by atoms with Crippen LogP contribution in [0.3, 0.4) is 0 Å². The molecule has 1 N–H and O–H groups in total. The van der Waals surface area contributed by atoms with E-state index in [2.05, 4.69) is 0 Å². The molecule has 0 aromatic heterocycles. The van der Waals surface area contributed by atoms with Crippen LogP contribution in [0.15, 0.2) is 24.3 Å². The molecular weight excluding hydrogens is 326 g/mol. The smallest absolute Gasteiger partial charge is 0.254 e. The van der Waals surface area contributed by atoms with Gasteiger partial charge in [-0.25, -0.2) is 8.42 Å². The summed E-state index contributed by atoms with van der Waals surface area (Å²) in [5.41, 5.74) is 0.445. The zero-order valence-electron chi connectivity index (χ0n) is 12.4. The van der Waals surface area contributed by atoms with Crippen molar-refractivity contribution in [3.05, 3.63) is 34.9 Å². The third-order valence-electron chi connectivity index (χ3n) is 4.00. The van der Waals surface area contributed by atoms with E-state index in [1.54, 1.807) is 24.3 Å². The van der Waals surface area contributed by atoms with E-state index in [1.165, 1.54) is 4.90 Å². The van der Waals surface area contributed by atoms with Crippen LogP contribution in [-0.2, 0) is 9.84 Å². The van der Waals surface area contributed by atoms with Crippen LogP contribution >= 0.6 is 11.6 Å². The zero-order chi connectivity index (χ0) is 16.3. The molecule has 2 rings (SSSR count). The summed E-state index contributed by atoms with van der Waals surface area (Å²) in [4.78, 5) is 14.3.